The van der Waals surface area contributed by atoms with Gasteiger partial charge in [0.25, 0.3) is 0 Å². The molecule has 0 spiro atoms. The zero-order valence-electron chi connectivity index (χ0n) is 15.5. The van der Waals surface area contributed by atoms with Crippen LogP contribution in [0.2, 0.25) is 0 Å². The summed E-state index contributed by atoms with van der Waals surface area (Å²) < 4.78 is 5.24. The number of amides is 1. The maximum absolute atomic E-state index is 12.4. The van der Waals surface area contributed by atoms with Crippen LogP contribution in [0.4, 0.5) is 5.69 Å². The second-order valence-electron chi connectivity index (χ2n) is 7.11. The molecule has 142 valence electrons. The summed E-state index contributed by atoms with van der Waals surface area (Å²) in [6.45, 7) is 1.05. The first-order valence-corrected chi connectivity index (χ1v) is 9.17. The second-order valence-corrected chi connectivity index (χ2v) is 7.11. The van der Waals surface area contributed by atoms with E-state index in [1.165, 1.54) is 0 Å². The molecule has 1 aromatic rings. The zero-order valence-corrected chi connectivity index (χ0v) is 15.5. The lowest BCUT2D eigenvalue weighted by Crippen LogP contribution is -2.49. The standard InChI is InChI=1S/C19H28N4O3/c1-20-18(21-13-19(25)8-3-4-9-19)22-14-10-17(24)23(12-14)15-6-5-7-16(11-15)26-2/h5-7,11,14,25H,3-4,8-10,12-13H2,1-2H3,(H2,20,21,22). The lowest BCUT2D eigenvalue weighted by Gasteiger charge is -2.25. The summed E-state index contributed by atoms with van der Waals surface area (Å²) in [6.07, 6.45) is 4.18. The molecule has 0 bridgehead atoms. The number of carbonyl (C=O) groups excluding carboxylic acids is 1. The summed E-state index contributed by atoms with van der Waals surface area (Å²) in [5, 5.41) is 17.0. The average molecular weight is 360 g/mol. The van der Waals surface area contributed by atoms with Gasteiger partial charge in [-0.15, -0.1) is 0 Å². The number of hydrogen-bond acceptors (Lipinski definition) is 4. The van der Waals surface area contributed by atoms with Crippen molar-refractivity contribution >= 4 is 17.6 Å². The second kappa shape index (κ2) is 7.95. The number of rotatable bonds is 5. The average Bonchev–Trinajstić information content (AvgIpc) is 3.24. The third-order valence-corrected chi connectivity index (χ3v) is 5.17. The quantitative estimate of drug-likeness (QED) is 0.544. The summed E-state index contributed by atoms with van der Waals surface area (Å²) in [4.78, 5) is 18.4. The van der Waals surface area contributed by atoms with Gasteiger partial charge in [0.15, 0.2) is 5.96 Å². The van der Waals surface area contributed by atoms with Gasteiger partial charge in [-0.3, -0.25) is 9.79 Å². The first-order chi connectivity index (χ1) is 12.5. The molecule has 1 saturated heterocycles. The molecule has 1 aliphatic heterocycles. The summed E-state index contributed by atoms with van der Waals surface area (Å²) in [5.41, 5.74) is 0.192. The van der Waals surface area contributed by atoms with Crippen LogP contribution in [0.5, 0.6) is 5.75 Å². The monoisotopic (exact) mass is 360 g/mol. The van der Waals surface area contributed by atoms with Crippen molar-refractivity contribution in [1.82, 2.24) is 10.6 Å². The number of carbonyl (C=O) groups is 1. The van der Waals surface area contributed by atoms with Crippen LogP contribution in [0.15, 0.2) is 29.3 Å². The molecule has 1 heterocycles. The topological polar surface area (TPSA) is 86.2 Å². The number of methoxy groups -OCH3 is 1. The number of nitrogens with zero attached hydrogens (tertiary/aromatic N) is 2. The van der Waals surface area contributed by atoms with Gasteiger partial charge in [0, 0.05) is 38.3 Å². The van der Waals surface area contributed by atoms with Crippen LogP contribution in [0, 0.1) is 0 Å². The van der Waals surface area contributed by atoms with Crippen molar-refractivity contribution in [3.63, 3.8) is 0 Å². The van der Waals surface area contributed by atoms with E-state index in [4.69, 9.17) is 4.74 Å². The fourth-order valence-electron chi connectivity index (χ4n) is 3.68. The summed E-state index contributed by atoms with van der Waals surface area (Å²) >= 11 is 0. The minimum absolute atomic E-state index is 0.0295. The van der Waals surface area contributed by atoms with Crippen LogP contribution in [-0.2, 0) is 4.79 Å². The molecule has 1 aliphatic carbocycles. The maximum atomic E-state index is 12.4. The van der Waals surface area contributed by atoms with Gasteiger partial charge >= 0.3 is 0 Å². The number of benzene rings is 1. The SMILES string of the molecule is CN=C(NCC1(O)CCCC1)NC1CC(=O)N(c2cccc(OC)c2)C1. The van der Waals surface area contributed by atoms with Gasteiger partial charge in [-0.25, -0.2) is 0 Å². The van der Waals surface area contributed by atoms with Gasteiger partial charge in [-0.1, -0.05) is 18.9 Å². The Morgan fingerprint density at radius 3 is 2.88 bits per heavy atom. The van der Waals surface area contributed by atoms with Crippen molar-refractivity contribution < 1.29 is 14.6 Å². The van der Waals surface area contributed by atoms with Crippen LogP contribution in [0.25, 0.3) is 0 Å². The smallest absolute Gasteiger partial charge is 0.229 e. The molecule has 7 nitrogen and oxygen atoms in total. The van der Waals surface area contributed by atoms with E-state index in [1.54, 1.807) is 19.1 Å². The Balaban J connectivity index is 1.57. The Kier molecular flexibility index (Phi) is 5.66. The van der Waals surface area contributed by atoms with Crippen molar-refractivity contribution in [3.8, 4) is 5.75 Å². The van der Waals surface area contributed by atoms with E-state index in [0.29, 0.717) is 25.5 Å². The number of aliphatic imine (C=N–C) groups is 1. The molecule has 3 N–H and O–H groups in total. The minimum Gasteiger partial charge on any atom is -0.497 e. The van der Waals surface area contributed by atoms with Gasteiger partial charge in [-0.2, -0.15) is 0 Å². The van der Waals surface area contributed by atoms with E-state index in [1.807, 2.05) is 24.3 Å². The number of hydrogen-bond donors (Lipinski definition) is 3. The number of guanidine groups is 1. The van der Waals surface area contributed by atoms with Crippen molar-refractivity contribution in [2.24, 2.45) is 4.99 Å². The molecule has 2 aliphatic rings. The van der Waals surface area contributed by atoms with E-state index in [0.717, 1.165) is 37.1 Å². The predicted molar refractivity (Wildman–Crippen MR) is 102 cm³/mol. The molecule has 1 saturated carbocycles. The molecule has 1 amide bonds. The van der Waals surface area contributed by atoms with Crippen LogP contribution in [-0.4, -0.2) is 55.9 Å². The Bertz CT molecular complexity index is 671. The van der Waals surface area contributed by atoms with E-state index >= 15 is 0 Å². The van der Waals surface area contributed by atoms with E-state index < -0.39 is 5.60 Å². The van der Waals surface area contributed by atoms with Crippen molar-refractivity contribution in [2.75, 3.05) is 32.1 Å². The van der Waals surface area contributed by atoms with E-state index in [-0.39, 0.29) is 11.9 Å². The molecule has 1 unspecified atom stereocenters. The van der Waals surface area contributed by atoms with E-state index in [2.05, 4.69) is 15.6 Å². The Morgan fingerprint density at radius 2 is 2.19 bits per heavy atom. The third-order valence-electron chi connectivity index (χ3n) is 5.17. The number of ether oxygens (including phenoxy) is 1. The fourth-order valence-corrected chi connectivity index (χ4v) is 3.68. The molecular weight excluding hydrogens is 332 g/mol. The summed E-state index contributed by atoms with van der Waals surface area (Å²) in [6, 6.07) is 7.48. The molecule has 1 aromatic carbocycles. The molecule has 2 fully saturated rings. The molecule has 0 aromatic heterocycles. The van der Waals surface area contributed by atoms with Gasteiger partial charge in [0.2, 0.25) is 5.91 Å². The molecule has 0 radical (unpaired) electrons. The third kappa shape index (κ3) is 4.27. The van der Waals surface area contributed by atoms with Crippen molar-refractivity contribution in [1.29, 1.82) is 0 Å². The molecule has 7 heteroatoms. The maximum Gasteiger partial charge on any atom is 0.229 e. The lowest BCUT2D eigenvalue weighted by atomic mass is 10.0. The predicted octanol–water partition coefficient (Wildman–Crippen LogP) is 1.27. The van der Waals surface area contributed by atoms with Crippen LogP contribution in [0.3, 0.4) is 0 Å². The van der Waals surface area contributed by atoms with Crippen LogP contribution >= 0.6 is 0 Å². The normalized spacial score (nSPS) is 22.6. The fraction of sp³-hybridized carbons (Fsp3) is 0.579. The highest BCUT2D eigenvalue weighted by molar-refractivity contribution is 5.97. The number of nitrogens with one attached hydrogen (secondary N) is 2. The first-order valence-electron chi connectivity index (χ1n) is 9.17. The van der Waals surface area contributed by atoms with Crippen molar-refractivity contribution in [2.45, 2.75) is 43.7 Å². The van der Waals surface area contributed by atoms with Gasteiger partial charge < -0.3 is 25.4 Å². The highest BCUT2D eigenvalue weighted by atomic mass is 16.5. The number of aliphatic hydroxyl groups is 1. The highest BCUT2D eigenvalue weighted by Crippen LogP contribution is 2.28. The van der Waals surface area contributed by atoms with Crippen molar-refractivity contribution in [3.05, 3.63) is 24.3 Å². The largest absolute Gasteiger partial charge is 0.497 e. The van der Waals surface area contributed by atoms with Crippen LogP contribution < -0.4 is 20.3 Å². The lowest BCUT2D eigenvalue weighted by molar-refractivity contribution is -0.117. The van der Waals surface area contributed by atoms with Gasteiger partial charge in [0.05, 0.1) is 18.8 Å². The Hall–Kier alpha value is -2.28. The van der Waals surface area contributed by atoms with Crippen LogP contribution in [0.1, 0.15) is 32.1 Å². The Labute approximate surface area is 154 Å². The minimum atomic E-state index is -0.643. The molecule has 3 rings (SSSR count). The highest BCUT2D eigenvalue weighted by Gasteiger charge is 2.33. The molecule has 26 heavy (non-hydrogen) atoms. The summed E-state index contributed by atoms with van der Waals surface area (Å²) in [5.74, 6) is 1.42. The number of anilines is 1. The van der Waals surface area contributed by atoms with Gasteiger partial charge in [-0.05, 0) is 25.0 Å². The molecule has 1 atom stereocenters. The molecular formula is C19H28N4O3. The van der Waals surface area contributed by atoms with Gasteiger partial charge in [0.1, 0.15) is 5.75 Å². The van der Waals surface area contributed by atoms with E-state index in [9.17, 15) is 9.90 Å². The zero-order chi connectivity index (χ0) is 18.6. The summed E-state index contributed by atoms with van der Waals surface area (Å²) in [7, 11) is 3.31. The first kappa shape index (κ1) is 18.5. The Morgan fingerprint density at radius 1 is 1.42 bits per heavy atom.